The summed E-state index contributed by atoms with van der Waals surface area (Å²) in [6.07, 6.45) is 12.5. The lowest BCUT2D eigenvalue weighted by Gasteiger charge is -2.22. The topological polar surface area (TPSA) is 72.7 Å². The van der Waals surface area contributed by atoms with Crippen LogP contribution in [0.1, 0.15) is 83.6 Å². The molecule has 6 nitrogen and oxygen atoms in total. The van der Waals surface area contributed by atoms with Crippen LogP contribution >= 0.6 is 0 Å². The third kappa shape index (κ3) is 9.20. The van der Waals surface area contributed by atoms with E-state index < -0.39 is 4.92 Å². The number of hydrogen-bond acceptors (Lipinski definition) is 4. The molecule has 0 aliphatic heterocycles. The van der Waals surface area contributed by atoms with E-state index in [1.165, 1.54) is 70.6 Å². The van der Waals surface area contributed by atoms with Crippen molar-refractivity contribution in [2.75, 3.05) is 13.7 Å². The van der Waals surface area contributed by atoms with E-state index in [0.29, 0.717) is 24.4 Å². The van der Waals surface area contributed by atoms with Crippen LogP contribution in [0.15, 0.2) is 18.2 Å². The molecule has 0 saturated heterocycles. The van der Waals surface area contributed by atoms with Crippen LogP contribution in [0.5, 0.6) is 5.75 Å². The molecule has 0 saturated carbocycles. The van der Waals surface area contributed by atoms with Gasteiger partial charge in [0.2, 0.25) is 5.91 Å². The Morgan fingerprint density at radius 1 is 1.04 bits per heavy atom. The Labute approximate surface area is 169 Å². The van der Waals surface area contributed by atoms with Crippen molar-refractivity contribution in [3.8, 4) is 5.75 Å². The van der Waals surface area contributed by atoms with Crippen LogP contribution < -0.4 is 4.74 Å². The summed E-state index contributed by atoms with van der Waals surface area (Å²) in [5.74, 6) is 0.546. The van der Waals surface area contributed by atoms with Crippen molar-refractivity contribution < 1.29 is 14.5 Å². The van der Waals surface area contributed by atoms with Gasteiger partial charge in [0.1, 0.15) is 5.75 Å². The van der Waals surface area contributed by atoms with E-state index in [2.05, 4.69) is 6.92 Å². The molecular weight excluding hydrogens is 356 g/mol. The van der Waals surface area contributed by atoms with E-state index in [0.717, 1.165) is 12.8 Å². The first-order valence-corrected chi connectivity index (χ1v) is 10.6. The molecule has 0 unspecified atom stereocenters. The highest BCUT2D eigenvalue weighted by Gasteiger charge is 2.16. The number of nitro groups is 1. The molecule has 0 aliphatic rings. The van der Waals surface area contributed by atoms with Crippen LogP contribution in [0.4, 0.5) is 5.69 Å². The molecule has 0 fully saturated rings. The highest BCUT2D eigenvalue weighted by atomic mass is 16.6. The van der Waals surface area contributed by atoms with Crippen molar-refractivity contribution in [3.63, 3.8) is 0 Å². The highest BCUT2D eigenvalue weighted by Crippen LogP contribution is 2.25. The van der Waals surface area contributed by atoms with E-state index in [4.69, 9.17) is 4.74 Å². The van der Waals surface area contributed by atoms with Gasteiger partial charge >= 0.3 is 0 Å². The summed E-state index contributed by atoms with van der Waals surface area (Å²) in [5.41, 5.74) is 0.678. The Morgan fingerprint density at radius 2 is 1.61 bits per heavy atom. The summed E-state index contributed by atoms with van der Waals surface area (Å²) in [6.45, 7) is 4.77. The van der Waals surface area contributed by atoms with Gasteiger partial charge in [0, 0.05) is 37.7 Å². The van der Waals surface area contributed by atoms with Gasteiger partial charge < -0.3 is 9.64 Å². The van der Waals surface area contributed by atoms with Gasteiger partial charge in [0.05, 0.1) is 12.0 Å². The molecule has 0 aromatic heterocycles. The first-order valence-electron chi connectivity index (χ1n) is 10.6. The molecule has 0 bridgehead atoms. The predicted molar refractivity (Wildman–Crippen MR) is 113 cm³/mol. The molecule has 1 aromatic carbocycles. The Balaban J connectivity index is 2.41. The number of non-ortho nitro benzene ring substituents is 1. The van der Waals surface area contributed by atoms with Crippen molar-refractivity contribution in [1.29, 1.82) is 0 Å². The number of nitrogens with zero attached hydrogens (tertiary/aromatic N) is 2. The second kappa shape index (κ2) is 14.0. The zero-order chi connectivity index (χ0) is 20.8. The van der Waals surface area contributed by atoms with Gasteiger partial charge in [-0.2, -0.15) is 0 Å². The first-order chi connectivity index (χ1) is 13.5. The number of carbonyl (C=O) groups is 1. The van der Waals surface area contributed by atoms with Crippen LogP contribution in [0.2, 0.25) is 0 Å². The van der Waals surface area contributed by atoms with Gasteiger partial charge in [0.25, 0.3) is 5.69 Å². The minimum absolute atomic E-state index is 0.0123. The van der Waals surface area contributed by atoms with Gasteiger partial charge in [-0.25, -0.2) is 0 Å². The molecule has 0 spiro atoms. The summed E-state index contributed by atoms with van der Waals surface area (Å²) in [6, 6.07) is 4.50. The summed E-state index contributed by atoms with van der Waals surface area (Å²) >= 11 is 0. The number of carbonyl (C=O) groups excluding carboxylic acids is 1. The maximum absolute atomic E-state index is 12.0. The summed E-state index contributed by atoms with van der Waals surface area (Å²) in [7, 11) is 1.53. The molecule has 1 aromatic rings. The van der Waals surface area contributed by atoms with E-state index >= 15 is 0 Å². The van der Waals surface area contributed by atoms with E-state index in [1.54, 1.807) is 17.9 Å². The third-order valence-corrected chi connectivity index (χ3v) is 5.06. The number of amides is 1. The number of methoxy groups -OCH3 is 1. The Kier molecular flexibility index (Phi) is 11.9. The van der Waals surface area contributed by atoms with Crippen LogP contribution in [0.25, 0.3) is 0 Å². The third-order valence-electron chi connectivity index (χ3n) is 5.06. The molecule has 1 amide bonds. The monoisotopic (exact) mass is 392 g/mol. The average molecular weight is 393 g/mol. The fraction of sp³-hybridized carbons (Fsp3) is 0.682. The normalized spacial score (nSPS) is 10.7. The Bertz CT molecular complexity index is 604. The van der Waals surface area contributed by atoms with E-state index in [9.17, 15) is 14.9 Å². The SMILES string of the molecule is CCCCCCCCCCCCN(Cc1cc([N+](=O)[O-])ccc1OC)C(C)=O. The van der Waals surface area contributed by atoms with Gasteiger partial charge in [-0.1, -0.05) is 64.7 Å². The van der Waals surface area contributed by atoms with Gasteiger partial charge in [-0.05, 0) is 12.5 Å². The molecule has 0 aliphatic carbocycles. The van der Waals surface area contributed by atoms with Crippen molar-refractivity contribution >= 4 is 11.6 Å². The maximum Gasteiger partial charge on any atom is 0.270 e. The van der Waals surface area contributed by atoms with Gasteiger partial charge in [0.15, 0.2) is 0 Å². The molecule has 158 valence electrons. The Hall–Kier alpha value is -2.11. The molecule has 0 N–H and O–H groups in total. The molecular formula is C22H36N2O4. The maximum atomic E-state index is 12.0. The van der Waals surface area contributed by atoms with Crippen LogP contribution in [-0.2, 0) is 11.3 Å². The largest absolute Gasteiger partial charge is 0.496 e. The lowest BCUT2D eigenvalue weighted by molar-refractivity contribution is -0.385. The molecule has 28 heavy (non-hydrogen) atoms. The van der Waals surface area contributed by atoms with Crippen LogP contribution in [-0.4, -0.2) is 29.4 Å². The van der Waals surface area contributed by atoms with Crippen LogP contribution in [0, 0.1) is 10.1 Å². The Morgan fingerprint density at radius 3 is 2.11 bits per heavy atom. The van der Waals surface area contributed by atoms with Crippen molar-refractivity contribution in [1.82, 2.24) is 4.90 Å². The lowest BCUT2D eigenvalue weighted by atomic mass is 10.1. The average Bonchev–Trinajstić information content (AvgIpc) is 2.68. The summed E-state index contributed by atoms with van der Waals surface area (Å²) in [4.78, 5) is 24.4. The minimum Gasteiger partial charge on any atom is -0.496 e. The summed E-state index contributed by atoms with van der Waals surface area (Å²) in [5, 5.41) is 11.0. The first kappa shape index (κ1) is 23.9. The standard InChI is InChI=1S/C22H36N2O4/c1-4-5-6-7-8-9-10-11-12-13-16-23(19(2)25)18-20-17-21(24(26)27)14-15-22(20)28-3/h14-15,17H,4-13,16,18H2,1-3H3. The van der Waals surface area contributed by atoms with Crippen LogP contribution in [0.3, 0.4) is 0 Å². The second-order valence-corrected chi connectivity index (χ2v) is 7.38. The molecule has 0 radical (unpaired) electrons. The van der Waals surface area contributed by atoms with Crippen molar-refractivity contribution in [2.24, 2.45) is 0 Å². The smallest absolute Gasteiger partial charge is 0.270 e. The second-order valence-electron chi connectivity index (χ2n) is 7.38. The number of hydrogen-bond donors (Lipinski definition) is 0. The number of unbranched alkanes of at least 4 members (excludes halogenated alkanes) is 9. The zero-order valence-electron chi connectivity index (χ0n) is 17.7. The highest BCUT2D eigenvalue weighted by molar-refractivity contribution is 5.73. The number of ether oxygens (including phenoxy) is 1. The molecule has 6 heteroatoms. The number of nitro benzene ring substituents is 1. The van der Waals surface area contributed by atoms with Gasteiger partial charge in [-0.3, -0.25) is 14.9 Å². The van der Waals surface area contributed by atoms with Crippen molar-refractivity contribution in [3.05, 3.63) is 33.9 Å². The predicted octanol–water partition coefficient (Wildman–Crippen LogP) is 5.87. The lowest BCUT2D eigenvalue weighted by Crippen LogP contribution is -2.29. The molecule has 1 rings (SSSR count). The summed E-state index contributed by atoms with van der Waals surface area (Å²) < 4.78 is 5.31. The quantitative estimate of drug-likeness (QED) is 0.212. The number of benzene rings is 1. The van der Waals surface area contributed by atoms with Crippen molar-refractivity contribution in [2.45, 2.75) is 84.6 Å². The molecule has 0 atom stereocenters. The fourth-order valence-electron chi connectivity index (χ4n) is 3.35. The fourth-order valence-corrected chi connectivity index (χ4v) is 3.35. The van der Waals surface area contributed by atoms with E-state index in [-0.39, 0.29) is 11.6 Å². The van der Waals surface area contributed by atoms with E-state index in [1.807, 2.05) is 0 Å². The minimum atomic E-state index is -0.427. The molecule has 0 heterocycles. The number of rotatable bonds is 15. The zero-order valence-corrected chi connectivity index (χ0v) is 17.7. The van der Waals surface area contributed by atoms with Gasteiger partial charge in [-0.15, -0.1) is 0 Å².